The molecule has 3 heteroatoms. The molecule has 1 unspecified atom stereocenters. The summed E-state index contributed by atoms with van der Waals surface area (Å²) in [6, 6.07) is 6.33. The van der Waals surface area contributed by atoms with Crippen molar-refractivity contribution in [3.8, 4) is 5.75 Å². The number of benzene rings is 1. The maximum absolute atomic E-state index is 5.86. The van der Waals surface area contributed by atoms with Gasteiger partial charge in [0.15, 0.2) is 0 Å². The van der Waals surface area contributed by atoms with Gasteiger partial charge in [-0.3, -0.25) is 0 Å². The van der Waals surface area contributed by atoms with Crippen molar-refractivity contribution in [3.63, 3.8) is 0 Å². The van der Waals surface area contributed by atoms with E-state index in [9.17, 15) is 0 Å². The zero-order chi connectivity index (χ0) is 14.1. The largest absolute Gasteiger partial charge is 0.492 e. The first kappa shape index (κ1) is 16.5. The van der Waals surface area contributed by atoms with Crippen LogP contribution in [-0.4, -0.2) is 13.2 Å². The third-order valence-corrected chi connectivity index (χ3v) is 3.68. The molecule has 0 spiro atoms. The van der Waals surface area contributed by atoms with Gasteiger partial charge in [-0.1, -0.05) is 33.3 Å². The molecular weight excluding hydrogens is 302 g/mol. The Bertz CT molecular complexity index is 368. The van der Waals surface area contributed by atoms with Crippen molar-refractivity contribution < 1.29 is 4.74 Å². The number of hydrogen-bond donors (Lipinski definition) is 1. The fourth-order valence-corrected chi connectivity index (χ4v) is 2.53. The highest BCUT2D eigenvalue weighted by molar-refractivity contribution is 9.10. The second-order valence-corrected chi connectivity index (χ2v) is 6.00. The van der Waals surface area contributed by atoms with Crippen LogP contribution < -0.4 is 10.1 Å². The summed E-state index contributed by atoms with van der Waals surface area (Å²) in [4.78, 5) is 0. The average molecular weight is 328 g/mol. The van der Waals surface area contributed by atoms with Crippen LogP contribution in [0.15, 0.2) is 22.7 Å². The lowest BCUT2D eigenvalue weighted by Crippen LogP contribution is -2.14. The normalized spacial score (nSPS) is 12.4. The molecule has 19 heavy (non-hydrogen) atoms. The van der Waals surface area contributed by atoms with Gasteiger partial charge in [-0.05, 0) is 58.9 Å². The van der Waals surface area contributed by atoms with Crippen molar-refractivity contribution in [1.82, 2.24) is 5.32 Å². The minimum Gasteiger partial charge on any atom is -0.492 e. The Labute approximate surface area is 126 Å². The summed E-state index contributed by atoms with van der Waals surface area (Å²) < 4.78 is 6.91. The number of hydrogen-bond acceptors (Lipinski definition) is 2. The number of halogens is 1. The third-order valence-electron chi connectivity index (χ3n) is 3.06. The molecule has 0 amide bonds. The van der Waals surface area contributed by atoms with Gasteiger partial charge in [0, 0.05) is 6.54 Å². The lowest BCUT2D eigenvalue weighted by atomic mass is 10.1. The Morgan fingerprint density at radius 3 is 2.68 bits per heavy atom. The molecule has 1 N–H and O–H groups in total. The molecule has 2 nitrogen and oxygen atoms in total. The van der Waals surface area contributed by atoms with Gasteiger partial charge in [0.25, 0.3) is 0 Å². The van der Waals surface area contributed by atoms with Crippen molar-refractivity contribution >= 4 is 15.9 Å². The van der Waals surface area contributed by atoms with Crippen LogP contribution in [0.4, 0.5) is 0 Å². The maximum atomic E-state index is 5.86. The molecular formula is C16H26BrNO. The summed E-state index contributed by atoms with van der Waals surface area (Å²) in [6.45, 7) is 9.39. The van der Waals surface area contributed by atoms with Gasteiger partial charge in [0.1, 0.15) is 5.75 Å². The molecule has 0 aliphatic carbocycles. The topological polar surface area (TPSA) is 21.3 Å². The Hall–Kier alpha value is -0.540. The van der Waals surface area contributed by atoms with Gasteiger partial charge in [0.2, 0.25) is 0 Å². The molecule has 1 aromatic rings. The second-order valence-electron chi connectivity index (χ2n) is 5.15. The predicted octanol–water partition coefficient (Wildman–Crippen LogP) is 4.76. The Balaban J connectivity index is 2.47. The first-order chi connectivity index (χ1) is 9.17. The SMILES string of the molecule is CCCNCc1ccc(OCC(C)CCC)c(Br)c1. The highest BCUT2D eigenvalue weighted by Crippen LogP contribution is 2.26. The molecule has 0 saturated heterocycles. The quantitative estimate of drug-likeness (QED) is 0.660. The minimum absolute atomic E-state index is 0.614. The van der Waals surface area contributed by atoms with E-state index < -0.39 is 0 Å². The third kappa shape index (κ3) is 6.44. The smallest absolute Gasteiger partial charge is 0.133 e. The van der Waals surface area contributed by atoms with Crippen molar-refractivity contribution in [3.05, 3.63) is 28.2 Å². The monoisotopic (exact) mass is 327 g/mol. The van der Waals surface area contributed by atoms with E-state index in [2.05, 4.69) is 60.2 Å². The van der Waals surface area contributed by atoms with Crippen LogP contribution in [0.1, 0.15) is 45.6 Å². The molecule has 108 valence electrons. The molecule has 1 atom stereocenters. The van der Waals surface area contributed by atoms with E-state index in [0.29, 0.717) is 5.92 Å². The highest BCUT2D eigenvalue weighted by atomic mass is 79.9. The fraction of sp³-hybridized carbons (Fsp3) is 0.625. The van der Waals surface area contributed by atoms with E-state index in [1.807, 2.05) is 0 Å². The first-order valence-corrected chi connectivity index (χ1v) is 8.08. The lowest BCUT2D eigenvalue weighted by Gasteiger charge is -2.14. The molecule has 1 aromatic carbocycles. The van der Waals surface area contributed by atoms with E-state index in [0.717, 1.165) is 36.3 Å². The van der Waals surface area contributed by atoms with Gasteiger partial charge >= 0.3 is 0 Å². The summed E-state index contributed by atoms with van der Waals surface area (Å²) >= 11 is 3.59. The standard InChI is InChI=1S/C16H26BrNO/c1-4-6-13(3)12-19-16-8-7-14(10-15(16)17)11-18-9-5-2/h7-8,10,13,18H,4-6,9,11-12H2,1-3H3. The van der Waals surface area contributed by atoms with Gasteiger partial charge in [-0.2, -0.15) is 0 Å². The Kier molecular flexibility index (Phi) is 8.15. The van der Waals surface area contributed by atoms with Crippen LogP contribution in [0.3, 0.4) is 0 Å². The molecule has 0 radical (unpaired) electrons. The predicted molar refractivity (Wildman–Crippen MR) is 85.7 cm³/mol. The molecule has 0 aliphatic rings. The fourth-order valence-electron chi connectivity index (χ4n) is 1.99. The van der Waals surface area contributed by atoms with E-state index in [1.54, 1.807) is 0 Å². The van der Waals surface area contributed by atoms with Gasteiger partial charge in [0.05, 0.1) is 11.1 Å². The van der Waals surface area contributed by atoms with Crippen molar-refractivity contribution in [1.29, 1.82) is 0 Å². The Morgan fingerprint density at radius 1 is 1.26 bits per heavy atom. The minimum atomic E-state index is 0.614. The van der Waals surface area contributed by atoms with Crippen LogP contribution >= 0.6 is 15.9 Å². The summed E-state index contributed by atoms with van der Waals surface area (Å²) in [5.74, 6) is 1.56. The van der Waals surface area contributed by atoms with E-state index in [4.69, 9.17) is 4.74 Å². The maximum Gasteiger partial charge on any atom is 0.133 e. The van der Waals surface area contributed by atoms with Crippen LogP contribution in [0.2, 0.25) is 0 Å². The Morgan fingerprint density at radius 2 is 2.05 bits per heavy atom. The number of rotatable bonds is 9. The first-order valence-electron chi connectivity index (χ1n) is 7.29. The van der Waals surface area contributed by atoms with Crippen molar-refractivity contribution in [2.75, 3.05) is 13.2 Å². The van der Waals surface area contributed by atoms with Gasteiger partial charge in [-0.15, -0.1) is 0 Å². The van der Waals surface area contributed by atoms with Crippen LogP contribution in [0, 0.1) is 5.92 Å². The molecule has 0 aromatic heterocycles. The highest BCUT2D eigenvalue weighted by Gasteiger charge is 2.06. The molecule has 0 saturated carbocycles. The molecule has 0 bridgehead atoms. The van der Waals surface area contributed by atoms with Crippen molar-refractivity contribution in [2.45, 2.75) is 46.6 Å². The number of nitrogens with one attached hydrogen (secondary N) is 1. The van der Waals surface area contributed by atoms with Gasteiger partial charge < -0.3 is 10.1 Å². The number of ether oxygens (including phenoxy) is 1. The average Bonchev–Trinajstić information content (AvgIpc) is 2.38. The van der Waals surface area contributed by atoms with Gasteiger partial charge in [-0.25, -0.2) is 0 Å². The zero-order valence-electron chi connectivity index (χ0n) is 12.3. The summed E-state index contributed by atoms with van der Waals surface area (Å²) in [7, 11) is 0. The molecule has 0 heterocycles. The summed E-state index contributed by atoms with van der Waals surface area (Å²) in [6.07, 6.45) is 3.60. The lowest BCUT2D eigenvalue weighted by molar-refractivity contribution is 0.250. The zero-order valence-corrected chi connectivity index (χ0v) is 13.9. The van der Waals surface area contributed by atoms with Crippen LogP contribution in [-0.2, 0) is 6.54 Å². The summed E-state index contributed by atoms with van der Waals surface area (Å²) in [5, 5.41) is 3.40. The second kappa shape index (κ2) is 9.38. The van der Waals surface area contributed by atoms with Crippen LogP contribution in [0.5, 0.6) is 5.75 Å². The van der Waals surface area contributed by atoms with Crippen LogP contribution in [0.25, 0.3) is 0 Å². The van der Waals surface area contributed by atoms with E-state index in [-0.39, 0.29) is 0 Å². The van der Waals surface area contributed by atoms with Crippen molar-refractivity contribution in [2.24, 2.45) is 5.92 Å². The molecule has 1 rings (SSSR count). The van der Waals surface area contributed by atoms with E-state index >= 15 is 0 Å². The van der Waals surface area contributed by atoms with E-state index in [1.165, 1.54) is 18.4 Å². The molecule has 0 aliphatic heterocycles. The molecule has 0 fully saturated rings. The summed E-state index contributed by atoms with van der Waals surface area (Å²) in [5.41, 5.74) is 1.29.